The first-order valence-electron chi connectivity index (χ1n) is 10.6. The third kappa shape index (κ3) is 5.11. The topological polar surface area (TPSA) is 93.5 Å². The number of aromatic nitrogens is 2. The molecule has 0 atom stereocenters. The van der Waals surface area contributed by atoms with Crippen LogP contribution in [-0.2, 0) is 34.2 Å². The summed E-state index contributed by atoms with van der Waals surface area (Å²) in [6.45, 7) is 3.21. The van der Waals surface area contributed by atoms with Crippen molar-refractivity contribution in [2.75, 3.05) is 27.7 Å². The fourth-order valence-electron chi connectivity index (χ4n) is 3.63. The molecule has 1 amide bonds. The van der Waals surface area contributed by atoms with Gasteiger partial charge in [-0.25, -0.2) is 17.7 Å². The van der Waals surface area contributed by atoms with Crippen LogP contribution < -0.4 is 10.1 Å². The Hall–Kier alpha value is -2.91. The molecule has 0 aliphatic heterocycles. The number of imidazole rings is 1. The second kappa shape index (κ2) is 10.1. The van der Waals surface area contributed by atoms with Crippen LogP contribution in [0.1, 0.15) is 24.7 Å². The van der Waals surface area contributed by atoms with Gasteiger partial charge in [0.2, 0.25) is 15.9 Å². The summed E-state index contributed by atoms with van der Waals surface area (Å²) in [5, 5.41) is 2.95. The number of carbonyl (C=O) groups excluding carboxylic acids is 1. The van der Waals surface area contributed by atoms with Gasteiger partial charge >= 0.3 is 0 Å². The maximum atomic E-state index is 12.4. The zero-order chi connectivity index (χ0) is 23.3. The third-order valence-corrected chi connectivity index (χ3v) is 7.19. The van der Waals surface area contributed by atoms with Crippen molar-refractivity contribution in [3.63, 3.8) is 0 Å². The first-order chi connectivity index (χ1) is 15.3. The van der Waals surface area contributed by atoms with E-state index in [-0.39, 0.29) is 10.8 Å². The number of rotatable bonds is 10. The van der Waals surface area contributed by atoms with Gasteiger partial charge in [-0.15, -0.1) is 0 Å². The molecule has 0 bridgehead atoms. The third-order valence-electron chi connectivity index (χ3n) is 5.38. The van der Waals surface area contributed by atoms with Gasteiger partial charge in [0.1, 0.15) is 11.6 Å². The number of hydrogen-bond acceptors (Lipinski definition) is 5. The normalized spacial score (nSPS) is 11.8. The Morgan fingerprint density at radius 1 is 1.16 bits per heavy atom. The predicted molar refractivity (Wildman–Crippen MR) is 124 cm³/mol. The van der Waals surface area contributed by atoms with Crippen molar-refractivity contribution in [2.24, 2.45) is 0 Å². The molecule has 3 rings (SSSR count). The van der Waals surface area contributed by atoms with E-state index < -0.39 is 10.0 Å². The van der Waals surface area contributed by atoms with Crippen LogP contribution >= 0.6 is 0 Å². The lowest BCUT2D eigenvalue weighted by atomic mass is 10.1. The zero-order valence-electron chi connectivity index (χ0n) is 19.0. The minimum atomic E-state index is -3.53. The molecule has 0 aliphatic carbocycles. The molecule has 0 saturated heterocycles. The monoisotopic (exact) mass is 458 g/mol. The summed E-state index contributed by atoms with van der Waals surface area (Å²) in [6.07, 6.45) is 1.46. The maximum absolute atomic E-state index is 12.4. The van der Waals surface area contributed by atoms with Crippen molar-refractivity contribution in [3.05, 3.63) is 53.9 Å². The van der Waals surface area contributed by atoms with Crippen molar-refractivity contribution < 1.29 is 17.9 Å². The summed E-state index contributed by atoms with van der Waals surface area (Å²) in [5.41, 5.74) is 2.52. The lowest BCUT2D eigenvalue weighted by Crippen LogP contribution is -2.26. The lowest BCUT2D eigenvalue weighted by Gasteiger charge is -2.11. The molecule has 0 radical (unpaired) electrons. The molecule has 172 valence electrons. The quantitative estimate of drug-likeness (QED) is 0.504. The summed E-state index contributed by atoms with van der Waals surface area (Å²) >= 11 is 0. The number of hydrogen-bond donors (Lipinski definition) is 1. The molecule has 8 nitrogen and oxygen atoms in total. The van der Waals surface area contributed by atoms with Gasteiger partial charge in [-0.2, -0.15) is 0 Å². The van der Waals surface area contributed by atoms with Crippen LogP contribution in [0.5, 0.6) is 5.75 Å². The predicted octanol–water partition coefficient (Wildman–Crippen LogP) is 2.61. The Labute approximate surface area is 189 Å². The van der Waals surface area contributed by atoms with Crippen LogP contribution in [0.3, 0.4) is 0 Å². The van der Waals surface area contributed by atoms with Crippen LogP contribution in [0.2, 0.25) is 0 Å². The summed E-state index contributed by atoms with van der Waals surface area (Å²) < 4.78 is 33.4. The summed E-state index contributed by atoms with van der Waals surface area (Å²) in [6, 6.07) is 12.7. The number of nitrogens with zero attached hydrogens (tertiary/aromatic N) is 3. The van der Waals surface area contributed by atoms with E-state index in [0.29, 0.717) is 37.9 Å². The lowest BCUT2D eigenvalue weighted by molar-refractivity contribution is -0.121. The first-order valence-corrected chi connectivity index (χ1v) is 12.0. The number of nitrogens with one attached hydrogen (secondary N) is 1. The highest BCUT2D eigenvalue weighted by Crippen LogP contribution is 2.23. The van der Waals surface area contributed by atoms with Crippen LogP contribution in [0.25, 0.3) is 11.0 Å². The second-order valence-electron chi connectivity index (χ2n) is 7.62. The van der Waals surface area contributed by atoms with Gasteiger partial charge in [-0.05, 0) is 43.2 Å². The van der Waals surface area contributed by atoms with Gasteiger partial charge in [0.05, 0.1) is 23.0 Å². The van der Waals surface area contributed by atoms with Gasteiger partial charge in [0, 0.05) is 40.0 Å². The molecule has 0 fully saturated rings. The van der Waals surface area contributed by atoms with Crippen molar-refractivity contribution in [2.45, 2.75) is 37.6 Å². The summed E-state index contributed by atoms with van der Waals surface area (Å²) in [5.74, 6) is 1.53. The van der Waals surface area contributed by atoms with Crippen LogP contribution in [0, 0.1) is 0 Å². The molecule has 1 heterocycles. The molecule has 0 aliphatic rings. The van der Waals surface area contributed by atoms with Gasteiger partial charge in [-0.3, -0.25) is 4.79 Å². The van der Waals surface area contributed by atoms with E-state index >= 15 is 0 Å². The average molecular weight is 459 g/mol. The smallest absolute Gasteiger partial charge is 0.242 e. The molecular weight excluding hydrogens is 428 g/mol. The number of fused-ring (bicyclic) bond motifs is 1. The summed E-state index contributed by atoms with van der Waals surface area (Å²) in [7, 11) is 1.11. The fourth-order valence-corrected chi connectivity index (χ4v) is 4.56. The molecule has 32 heavy (non-hydrogen) atoms. The molecule has 1 aromatic heterocycles. The number of methoxy groups -OCH3 is 1. The molecule has 1 N–H and O–H groups in total. The second-order valence-corrected chi connectivity index (χ2v) is 9.77. The van der Waals surface area contributed by atoms with Crippen LogP contribution in [0.4, 0.5) is 0 Å². The number of aryl methyl sites for hydroxylation is 2. The Morgan fingerprint density at radius 3 is 2.59 bits per heavy atom. The Morgan fingerprint density at radius 2 is 1.91 bits per heavy atom. The van der Waals surface area contributed by atoms with Gasteiger partial charge < -0.3 is 14.6 Å². The van der Waals surface area contributed by atoms with E-state index in [4.69, 9.17) is 4.74 Å². The average Bonchev–Trinajstić information content (AvgIpc) is 3.14. The number of benzene rings is 2. The van der Waals surface area contributed by atoms with E-state index in [9.17, 15) is 13.2 Å². The van der Waals surface area contributed by atoms with Gasteiger partial charge in [-0.1, -0.05) is 18.2 Å². The Bertz CT molecular complexity index is 1200. The number of carbonyl (C=O) groups is 1. The van der Waals surface area contributed by atoms with E-state index in [1.807, 2.05) is 35.8 Å². The van der Waals surface area contributed by atoms with E-state index in [2.05, 4.69) is 10.3 Å². The minimum absolute atomic E-state index is 0.0505. The molecule has 0 saturated carbocycles. The first kappa shape index (κ1) is 23.7. The minimum Gasteiger partial charge on any atom is -0.496 e. The van der Waals surface area contributed by atoms with Crippen molar-refractivity contribution in [1.29, 1.82) is 0 Å². The maximum Gasteiger partial charge on any atom is 0.242 e. The molecule has 0 spiro atoms. The van der Waals surface area contributed by atoms with Gasteiger partial charge in [0.15, 0.2) is 0 Å². The Balaban J connectivity index is 1.65. The molecule has 0 unspecified atom stereocenters. The fraction of sp³-hybridized carbons (Fsp3) is 0.391. The number of amides is 1. The standard InChI is InChI=1S/C23H30N4O4S/c1-5-27-20-11-10-18(32(29,30)26(2)3)16-19(20)25-22(27)12-13-23(28)24-15-14-17-8-6-7-9-21(17)31-4/h6-11,16H,5,12-15H2,1-4H3,(H,24,28). The number of ether oxygens (including phenoxy) is 1. The van der Waals surface area contributed by atoms with Crippen LogP contribution in [0.15, 0.2) is 47.4 Å². The highest BCUT2D eigenvalue weighted by molar-refractivity contribution is 7.89. The largest absolute Gasteiger partial charge is 0.496 e. The Kier molecular flexibility index (Phi) is 7.52. The molecule has 9 heteroatoms. The van der Waals surface area contributed by atoms with E-state index in [1.54, 1.807) is 25.3 Å². The number of para-hydroxylation sites is 1. The van der Waals surface area contributed by atoms with Gasteiger partial charge in [0.25, 0.3) is 0 Å². The summed E-state index contributed by atoms with van der Waals surface area (Å²) in [4.78, 5) is 17.2. The van der Waals surface area contributed by atoms with E-state index in [1.165, 1.54) is 18.4 Å². The van der Waals surface area contributed by atoms with Crippen LogP contribution in [-0.4, -0.2) is 55.9 Å². The molecule has 2 aromatic carbocycles. The number of sulfonamides is 1. The highest BCUT2D eigenvalue weighted by Gasteiger charge is 2.19. The highest BCUT2D eigenvalue weighted by atomic mass is 32.2. The molecule has 3 aromatic rings. The SMILES string of the molecule is CCn1c(CCC(=O)NCCc2ccccc2OC)nc2cc(S(=O)(=O)N(C)C)ccc21. The van der Waals surface area contributed by atoms with Crippen molar-refractivity contribution in [1.82, 2.24) is 19.2 Å². The van der Waals surface area contributed by atoms with Crippen molar-refractivity contribution >= 4 is 27.0 Å². The van der Waals surface area contributed by atoms with E-state index in [0.717, 1.165) is 22.7 Å². The van der Waals surface area contributed by atoms with Crippen molar-refractivity contribution in [3.8, 4) is 5.75 Å². The molecular formula is C23H30N4O4S. The zero-order valence-corrected chi connectivity index (χ0v) is 19.8.